The number of amides is 1. The molecule has 2 aliphatic rings. The second-order valence-corrected chi connectivity index (χ2v) is 7.89. The Morgan fingerprint density at radius 1 is 1.13 bits per heavy atom. The molecule has 4 rings (SSSR count). The fourth-order valence-corrected chi connectivity index (χ4v) is 4.34. The van der Waals surface area contributed by atoms with Crippen LogP contribution in [0.4, 0.5) is 11.4 Å². The van der Waals surface area contributed by atoms with Gasteiger partial charge in [0, 0.05) is 52.7 Å². The number of non-ortho nitro benzene ring substituents is 1. The van der Waals surface area contributed by atoms with Gasteiger partial charge in [0.2, 0.25) is 0 Å². The number of hydrogen-bond acceptors (Lipinski definition) is 5. The fourth-order valence-electron chi connectivity index (χ4n) is 4.34. The van der Waals surface area contributed by atoms with E-state index in [-0.39, 0.29) is 17.4 Å². The molecule has 1 amide bonds. The van der Waals surface area contributed by atoms with Crippen molar-refractivity contribution in [3.63, 3.8) is 0 Å². The highest BCUT2D eigenvalue weighted by Gasteiger charge is 2.38. The molecule has 0 bridgehead atoms. The number of hydrogen-bond donors (Lipinski definition) is 2. The molecule has 7 heteroatoms. The predicted octanol–water partition coefficient (Wildman–Crippen LogP) is 4.51. The van der Waals surface area contributed by atoms with Crippen molar-refractivity contribution < 1.29 is 14.5 Å². The number of carbonyl (C=O) groups excluding carboxylic acids is 2. The van der Waals surface area contributed by atoms with Gasteiger partial charge in [-0.1, -0.05) is 30.3 Å². The molecule has 1 aliphatic carbocycles. The van der Waals surface area contributed by atoms with Crippen LogP contribution in [0.15, 0.2) is 71.1 Å². The first kappa shape index (κ1) is 20.5. The van der Waals surface area contributed by atoms with Crippen molar-refractivity contribution in [2.24, 2.45) is 0 Å². The molecule has 2 N–H and O–H groups in total. The second-order valence-electron chi connectivity index (χ2n) is 7.89. The lowest BCUT2D eigenvalue weighted by atomic mass is 9.75. The molecule has 1 heterocycles. The topological polar surface area (TPSA) is 101 Å². The summed E-state index contributed by atoms with van der Waals surface area (Å²) in [6.45, 7) is 3.71. The van der Waals surface area contributed by atoms with Gasteiger partial charge < -0.3 is 10.6 Å². The van der Waals surface area contributed by atoms with E-state index in [1.165, 1.54) is 12.1 Å². The van der Waals surface area contributed by atoms with E-state index in [2.05, 4.69) is 10.6 Å². The monoisotopic (exact) mass is 417 g/mol. The van der Waals surface area contributed by atoms with Gasteiger partial charge in [-0.2, -0.15) is 0 Å². The van der Waals surface area contributed by atoms with Crippen LogP contribution in [0, 0.1) is 17.0 Å². The van der Waals surface area contributed by atoms with Crippen LogP contribution in [0.25, 0.3) is 0 Å². The van der Waals surface area contributed by atoms with Crippen molar-refractivity contribution in [2.45, 2.75) is 39.0 Å². The Bertz CT molecular complexity index is 1160. The summed E-state index contributed by atoms with van der Waals surface area (Å²) >= 11 is 0. The van der Waals surface area contributed by atoms with Crippen molar-refractivity contribution in [3.05, 3.63) is 92.3 Å². The van der Waals surface area contributed by atoms with Gasteiger partial charge in [0.05, 0.1) is 4.92 Å². The van der Waals surface area contributed by atoms with Gasteiger partial charge in [0.1, 0.15) is 0 Å². The van der Waals surface area contributed by atoms with E-state index in [0.29, 0.717) is 40.9 Å². The number of carbonyl (C=O) groups is 2. The van der Waals surface area contributed by atoms with E-state index in [1.807, 2.05) is 31.2 Å². The molecular weight excluding hydrogens is 394 g/mol. The van der Waals surface area contributed by atoms with Crippen molar-refractivity contribution in [2.75, 3.05) is 5.32 Å². The minimum atomic E-state index is -0.659. The minimum absolute atomic E-state index is 0.0288. The summed E-state index contributed by atoms with van der Waals surface area (Å²) in [5.41, 5.74) is 4.48. The van der Waals surface area contributed by atoms with Crippen LogP contribution in [0.3, 0.4) is 0 Å². The summed E-state index contributed by atoms with van der Waals surface area (Å²) in [7, 11) is 0. The second kappa shape index (κ2) is 8.18. The number of nitrogens with zero attached hydrogens (tertiary/aromatic N) is 1. The third-order valence-electron chi connectivity index (χ3n) is 5.83. The van der Waals surface area contributed by atoms with Gasteiger partial charge in [0.25, 0.3) is 11.6 Å². The number of Topliss-reactive ketones (excluding diaryl/α,β-unsaturated/α-hetero) is 1. The van der Waals surface area contributed by atoms with Crippen molar-refractivity contribution >= 4 is 23.1 Å². The van der Waals surface area contributed by atoms with E-state index in [0.717, 1.165) is 17.7 Å². The third-order valence-corrected chi connectivity index (χ3v) is 5.83. The summed E-state index contributed by atoms with van der Waals surface area (Å²) in [4.78, 5) is 37.3. The molecule has 0 unspecified atom stereocenters. The average Bonchev–Trinajstić information content (AvgIpc) is 2.74. The molecule has 1 aliphatic heterocycles. The van der Waals surface area contributed by atoms with Crippen LogP contribution in [0.5, 0.6) is 0 Å². The number of allylic oxidation sites excluding steroid dienone is 3. The lowest BCUT2D eigenvalue weighted by Crippen LogP contribution is -2.35. The van der Waals surface area contributed by atoms with Crippen LogP contribution >= 0.6 is 0 Å². The number of nitro benzene ring substituents is 1. The van der Waals surface area contributed by atoms with Gasteiger partial charge in [-0.05, 0) is 43.9 Å². The number of ketones is 1. The number of rotatable bonds is 4. The quantitative estimate of drug-likeness (QED) is 0.563. The summed E-state index contributed by atoms with van der Waals surface area (Å²) in [5, 5.41) is 17.6. The lowest BCUT2D eigenvalue weighted by molar-refractivity contribution is -0.384. The van der Waals surface area contributed by atoms with Crippen LogP contribution in [-0.4, -0.2) is 16.6 Å². The largest absolute Gasteiger partial charge is 0.362 e. The van der Waals surface area contributed by atoms with Gasteiger partial charge in [-0.3, -0.25) is 19.7 Å². The van der Waals surface area contributed by atoms with Crippen LogP contribution in [-0.2, 0) is 9.59 Å². The summed E-state index contributed by atoms with van der Waals surface area (Å²) < 4.78 is 0. The number of dihydropyridines is 1. The lowest BCUT2D eigenvalue weighted by Gasteiger charge is -2.34. The van der Waals surface area contributed by atoms with Crippen molar-refractivity contribution in [1.82, 2.24) is 5.32 Å². The molecule has 0 radical (unpaired) electrons. The molecule has 1 atom stereocenters. The van der Waals surface area contributed by atoms with Crippen LogP contribution in [0.2, 0.25) is 0 Å². The van der Waals surface area contributed by atoms with Crippen LogP contribution in [0.1, 0.15) is 43.2 Å². The van der Waals surface area contributed by atoms with E-state index in [1.54, 1.807) is 19.1 Å². The molecule has 7 nitrogen and oxygen atoms in total. The summed E-state index contributed by atoms with van der Waals surface area (Å²) in [6, 6.07) is 13.6. The Kier molecular flexibility index (Phi) is 5.42. The molecule has 158 valence electrons. The Balaban J connectivity index is 1.83. The molecule has 0 saturated heterocycles. The number of aryl methyl sites for hydroxylation is 1. The maximum absolute atomic E-state index is 13.4. The van der Waals surface area contributed by atoms with E-state index >= 15 is 0 Å². The average molecular weight is 417 g/mol. The third kappa shape index (κ3) is 3.86. The molecule has 2 aromatic rings. The SMILES string of the molecule is CC1=C(C(=O)Nc2ccccc2C)[C@@H](c2cccc([N+](=O)[O-])c2)C2=C(CCCC2=O)N1. The summed E-state index contributed by atoms with van der Waals surface area (Å²) in [5.74, 6) is -1.02. The first-order valence-electron chi connectivity index (χ1n) is 10.2. The van der Waals surface area contributed by atoms with Gasteiger partial charge >= 0.3 is 0 Å². The number of para-hydroxylation sites is 1. The first-order valence-corrected chi connectivity index (χ1v) is 10.2. The maximum Gasteiger partial charge on any atom is 0.269 e. The van der Waals surface area contributed by atoms with E-state index in [9.17, 15) is 19.7 Å². The number of benzene rings is 2. The van der Waals surface area contributed by atoms with Crippen molar-refractivity contribution in [3.8, 4) is 0 Å². The van der Waals surface area contributed by atoms with E-state index in [4.69, 9.17) is 0 Å². The zero-order chi connectivity index (χ0) is 22.1. The number of nitrogens with one attached hydrogen (secondary N) is 2. The van der Waals surface area contributed by atoms with Crippen LogP contribution < -0.4 is 10.6 Å². The Hall–Kier alpha value is -3.74. The Labute approximate surface area is 180 Å². The molecule has 31 heavy (non-hydrogen) atoms. The molecule has 0 saturated carbocycles. The van der Waals surface area contributed by atoms with Crippen molar-refractivity contribution in [1.29, 1.82) is 0 Å². The zero-order valence-corrected chi connectivity index (χ0v) is 17.4. The maximum atomic E-state index is 13.4. The summed E-state index contributed by atoms with van der Waals surface area (Å²) in [6.07, 6.45) is 1.85. The molecule has 0 aromatic heterocycles. The molecular formula is C24H23N3O4. The first-order chi connectivity index (χ1) is 14.9. The molecule has 0 fully saturated rings. The Morgan fingerprint density at radius 3 is 2.65 bits per heavy atom. The standard InChI is InChI=1S/C24H23N3O4/c1-14-7-3-4-10-18(14)26-24(29)21-15(2)25-19-11-6-12-20(28)23(19)22(21)16-8-5-9-17(13-16)27(30)31/h3-5,7-10,13,22,25H,6,11-12H2,1-2H3,(H,26,29)/t22-/m1/s1. The smallest absolute Gasteiger partial charge is 0.269 e. The fraction of sp³-hybridized carbons (Fsp3) is 0.250. The Morgan fingerprint density at radius 2 is 1.90 bits per heavy atom. The number of anilines is 1. The molecule has 0 spiro atoms. The number of nitro groups is 1. The van der Waals surface area contributed by atoms with Gasteiger partial charge in [0.15, 0.2) is 5.78 Å². The highest BCUT2D eigenvalue weighted by molar-refractivity contribution is 6.10. The predicted molar refractivity (Wildman–Crippen MR) is 117 cm³/mol. The highest BCUT2D eigenvalue weighted by Crippen LogP contribution is 2.43. The van der Waals surface area contributed by atoms with E-state index < -0.39 is 10.8 Å². The highest BCUT2D eigenvalue weighted by atomic mass is 16.6. The molecule has 2 aromatic carbocycles. The normalized spacial score (nSPS) is 18.4. The zero-order valence-electron chi connectivity index (χ0n) is 17.4. The van der Waals surface area contributed by atoms with Gasteiger partial charge in [-0.25, -0.2) is 0 Å². The van der Waals surface area contributed by atoms with Gasteiger partial charge in [-0.15, -0.1) is 0 Å². The minimum Gasteiger partial charge on any atom is -0.362 e.